The number of hydrogen-bond donors (Lipinski definition) is 0. The second kappa shape index (κ2) is 26.3. The number of anilines is 12. The summed E-state index contributed by atoms with van der Waals surface area (Å²) in [5.41, 5.74) is 20.0. The molecule has 4 aliphatic rings. The fourth-order valence-corrected chi connectivity index (χ4v) is 16.9. The number of rotatable bonds is 7. The topological polar surface area (TPSA) is 117 Å². The van der Waals surface area contributed by atoms with Crippen molar-refractivity contribution in [1.82, 2.24) is 15.0 Å². The molecule has 0 radical (unpaired) electrons. The van der Waals surface area contributed by atoms with Crippen molar-refractivity contribution in [3.05, 3.63) is 247 Å². The Morgan fingerprint density at radius 3 is 0.925 bits per heavy atom. The van der Waals surface area contributed by atoms with Gasteiger partial charge in [0.25, 0.3) is 0 Å². The van der Waals surface area contributed by atoms with E-state index in [1.165, 1.54) is 4.90 Å². The average Bonchev–Trinajstić information content (AvgIpc) is 1.58. The van der Waals surface area contributed by atoms with Crippen molar-refractivity contribution in [2.45, 2.75) is 140 Å². The summed E-state index contributed by atoms with van der Waals surface area (Å²) in [5.74, 6) is 2.36. The molecule has 0 N–H and O–H groups in total. The van der Waals surface area contributed by atoms with Crippen LogP contribution < -0.4 is 39.2 Å². The van der Waals surface area contributed by atoms with Gasteiger partial charge < -0.3 is 56.9 Å². The lowest BCUT2D eigenvalue weighted by Crippen LogP contribution is -2.42. The second-order valence-electron chi connectivity index (χ2n) is 28.7. The minimum Gasteiger partial charge on any atom is -0.454 e. The van der Waals surface area contributed by atoms with E-state index in [9.17, 15) is 0 Å². The summed E-state index contributed by atoms with van der Waals surface area (Å²) in [5, 5.41) is 8.75. The Labute approximate surface area is 627 Å². The smallest absolute Gasteiger partial charge is 0.159 e. The molecule has 4 aliphatic heterocycles. The average molecular weight is 1410 g/mol. The first-order chi connectivity index (χ1) is 53.5. The predicted octanol–water partition coefficient (Wildman–Crippen LogP) is 23.8. The molecule has 0 fully saturated rings. The standard InChI is InChI=1S/C24H24N2O.2C23H23N3O.C21H19N3O/c1-15(2)25-17(4)26(21-11-7-6-10-20(21)25)23-16(3)13-14-19-18-9-5-8-12-22(18)27-24(19)23;2*1-14(2)25-16(4)26(23-19(25)9-7-13-24-23)21-15(3)11-12-18-17-8-5-6-10-20(17)27-22(18)21;1-13-10-11-16-15-7-4-5-9-18(15)25-20(16)19(13)24-14(2)23(3)17-8-6-12-22-21(17)24/h5-15,17H,1-4H3;2*5-14,16H,1-4H3;4-12,14H,1-3H3/i15D;2*14D;3D3. The Kier molecular flexibility index (Phi) is 15.0. The van der Waals surface area contributed by atoms with Crippen LogP contribution in [0.4, 0.5) is 68.6 Å². The summed E-state index contributed by atoms with van der Waals surface area (Å²) < 4.78 is 75.4. The summed E-state index contributed by atoms with van der Waals surface area (Å²) in [7, 11) is 0. The number of pyridine rings is 3. The fraction of sp³-hybridized carbons (Fsp3) is 0.242. The van der Waals surface area contributed by atoms with Gasteiger partial charge in [-0.05, 0) is 192 Å². The summed E-state index contributed by atoms with van der Waals surface area (Å²) >= 11 is 0. The Morgan fingerprint density at radius 2 is 0.575 bits per heavy atom. The van der Waals surface area contributed by atoms with Gasteiger partial charge in [-0.25, -0.2) is 15.0 Å². The van der Waals surface area contributed by atoms with Gasteiger partial charge in [-0.3, -0.25) is 0 Å². The molecule has 0 saturated carbocycles. The van der Waals surface area contributed by atoms with Crippen LogP contribution in [0.2, 0.25) is 0 Å². The van der Waals surface area contributed by atoms with Crippen LogP contribution in [0.3, 0.4) is 0 Å². The van der Waals surface area contributed by atoms with Gasteiger partial charge in [-0.15, -0.1) is 0 Å². The third kappa shape index (κ3) is 10.6. The van der Waals surface area contributed by atoms with Gasteiger partial charge in [-0.2, -0.15) is 0 Å². The normalized spacial score (nSPS) is 18.0. The van der Waals surface area contributed by atoms with Crippen LogP contribution in [-0.4, -0.2) is 64.6 Å². The molecular weight excluding hydrogens is 1310 g/mol. The van der Waals surface area contributed by atoms with E-state index in [2.05, 4.69) is 161 Å². The Balaban J connectivity index is 0.000000108. The van der Waals surface area contributed by atoms with Crippen LogP contribution >= 0.6 is 0 Å². The third-order valence-corrected chi connectivity index (χ3v) is 21.5. The van der Waals surface area contributed by atoms with Gasteiger partial charge >= 0.3 is 0 Å². The van der Waals surface area contributed by atoms with Crippen LogP contribution in [0, 0.1) is 27.7 Å². The zero-order valence-electron chi connectivity index (χ0n) is 68.2. The summed E-state index contributed by atoms with van der Waals surface area (Å²) in [4.78, 5) is 30.5. The van der Waals surface area contributed by atoms with Crippen molar-refractivity contribution in [2.75, 3.05) is 46.2 Å². The predicted molar refractivity (Wildman–Crippen MR) is 441 cm³/mol. The lowest BCUT2D eigenvalue weighted by atomic mass is 10.1. The Hall–Kier alpha value is -12.0. The van der Waals surface area contributed by atoms with Crippen molar-refractivity contribution < 1.29 is 25.9 Å². The van der Waals surface area contributed by atoms with E-state index in [0.717, 1.165) is 167 Å². The molecule has 4 unspecified atom stereocenters. The lowest BCUT2D eigenvalue weighted by Gasteiger charge is -2.33. The molecule has 11 heterocycles. The Morgan fingerprint density at radius 1 is 0.302 bits per heavy atom. The minimum absolute atomic E-state index is 0.00223. The van der Waals surface area contributed by atoms with E-state index in [0.29, 0.717) is 11.5 Å². The van der Waals surface area contributed by atoms with E-state index in [1.807, 2.05) is 182 Å². The van der Waals surface area contributed by atoms with Crippen LogP contribution in [0.5, 0.6) is 0 Å². The molecule has 4 atom stereocenters. The number of aromatic nitrogens is 3. The molecule has 15 heteroatoms. The molecule has 0 aliphatic carbocycles. The molecule has 9 aromatic carbocycles. The molecule has 7 aromatic heterocycles. The molecule has 0 bridgehead atoms. The van der Waals surface area contributed by atoms with Crippen LogP contribution in [0.15, 0.2) is 243 Å². The highest BCUT2D eigenvalue weighted by atomic mass is 16.3. The first-order valence-electron chi connectivity index (χ1n) is 39.4. The Bertz CT molecular complexity index is 5600. The van der Waals surface area contributed by atoms with E-state index in [4.69, 9.17) is 35.9 Å². The molecule has 20 rings (SSSR count). The van der Waals surface area contributed by atoms with Gasteiger partial charge in [0.1, 0.15) is 47.0 Å². The van der Waals surface area contributed by atoms with Crippen LogP contribution in [0.1, 0.15) is 99.7 Å². The zero-order chi connectivity index (χ0) is 78.5. The quantitative estimate of drug-likeness (QED) is 0.151. The molecule has 16 aromatic rings. The van der Waals surface area contributed by atoms with Crippen LogP contribution in [-0.2, 0) is 0 Å². The fourth-order valence-electron chi connectivity index (χ4n) is 16.9. The summed E-state index contributed by atoms with van der Waals surface area (Å²) in [6, 6.07) is 67.0. The molecule has 0 spiro atoms. The summed E-state index contributed by atoms with van der Waals surface area (Å²) in [6.45, 7) is 25.9. The number of aryl methyl sites for hydroxylation is 4. The highest BCUT2D eigenvalue weighted by molar-refractivity contribution is 6.14. The van der Waals surface area contributed by atoms with Gasteiger partial charge in [0.05, 0.1) is 55.3 Å². The molecule has 532 valence electrons. The SMILES string of the molecule is [2H]C(C)(C)N1c2ccccc2N(c2c(C)ccc3c2oc2ccccc23)C1C.[2H]C(C)(C)N1c2cccnc2N(c2c(C)ccc3c2oc2ccccc23)C1C.[2H]C(C)(C)N1c2cccnc2N(c2c(C)ccc3c2oc2ccccc23)C1C.[2H]C([2H])([2H])N1c2cccnc2N(c2c(C)ccc3c2oc2ccccc23)C1C. The van der Waals surface area contributed by atoms with Crippen molar-refractivity contribution in [3.8, 4) is 0 Å². The highest BCUT2D eigenvalue weighted by Crippen LogP contribution is 2.53. The van der Waals surface area contributed by atoms with E-state index < -0.39 is 31.2 Å². The van der Waals surface area contributed by atoms with Crippen LogP contribution in [0.25, 0.3) is 87.8 Å². The number of nitrogens with zero attached hydrogens (tertiary/aromatic N) is 11. The second-order valence-corrected chi connectivity index (χ2v) is 28.7. The first kappa shape index (κ1) is 60.4. The van der Waals surface area contributed by atoms with Gasteiger partial charge in [0, 0.05) is 90.8 Å². The maximum atomic E-state index is 8.72. The molecule has 106 heavy (non-hydrogen) atoms. The monoisotopic (exact) mass is 1410 g/mol. The van der Waals surface area contributed by atoms with E-state index in [-0.39, 0.29) is 18.5 Å². The van der Waals surface area contributed by atoms with Crippen molar-refractivity contribution in [1.29, 1.82) is 0 Å². The zero-order valence-corrected chi connectivity index (χ0v) is 62.2. The van der Waals surface area contributed by atoms with Crippen molar-refractivity contribution >= 4 is 156 Å². The number of fused-ring (bicyclic) bond motifs is 16. The number of para-hydroxylation sites is 6. The first-order valence-corrected chi connectivity index (χ1v) is 36.4. The molecular formula is C91H89N11O4. The van der Waals surface area contributed by atoms with Crippen molar-refractivity contribution in [2.24, 2.45) is 0 Å². The molecule has 15 nitrogen and oxygen atoms in total. The number of furan rings is 4. The van der Waals surface area contributed by atoms with Gasteiger partial charge in [0.2, 0.25) is 0 Å². The van der Waals surface area contributed by atoms with Gasteiger partial charge in [0.15, 0.2) is 39.8 Å². The van der Waals surface area contributed by atoms with E-state index >= 15 is 0 Å². The summed E-state index contributed by atoms with van der Waals surface area (Å²) in [6.07, 6.45) is 4.76. The van der Waals surface area contributed by atoms with Crippen molar-refractivity contribution in [3.63, 3.8) is 0 Å². The largest absolute Gasteiger partial charge is 0.454 e. The van der Waals surface area contributed by atoms with E-state index in [1.54, 1.807) is 18.3 Å². The highest BCUT2D eigenvalue weighted by Gasteiger charge is 2.42. The third-order valence-electron chi connectivity index (χ3n) is 21.5. The lowest BCUT2D eigenvalue weighted by molar-refractivity contribution is 0.602. The molecule has 0 saturated heterocycles. The molecule has 0 amide bonds. The number of hydrogen-bond acceptors (Lipinski definition) is 15. The number of benzene rings is 9. The van der Waals surface area contributed by atoms with Gasteiger partial charge in [-0.1, -0.05) is 133 Å². The maximum absolute atomic E-state index is 8.72. The maximum Gasteiger partial charge on any atom is 0.159 e. The minimum atomic E-state index is -2.28.